The van der Waals surface area contributed by atoms with Crippen LogP contribution in [-0.2, 0) is 10.0 Å². The van der Waals surface area contributed by atoms with E-state index < -0.39 is 10.0 Å². The molecule has 2 fully saturated rings. The van der Waals surface area contributed by atoms with Gasteiger partial charge < -0.3 is 10.6 Å². The molecule has 2 aliphatic rings. The second kappa shape index (κ2) is 6.96. The van der Waals surface area contributed by atoms with Crippen molar-refractivity contribution < 1.29 is 8.42 Å². The van der Waals surface area contributed by atoms with E-state index in [1.807, 2.05) is 0 Å². The van der Waals surface area contributed by atoms with E-state index in [0.717, 1.165) is 18.9 Å². The van der Waals surface area contributed by atoms with E-state index in [1.165, 1.54) is 25.7 Å². The standard InChI is InChI=1S/C14H28N4O2S/c1-3-14(6-4-7-14)12-17-13(15-2)16-8-10-18-9-5-11-21(18,19)20/h3-12H2,1-2H3,(H2,15,16,17). The number of sulfonamides is 1. The molecule has 1 heterocycles. The lowest BCUT2D eigenvalue weighted by Gasteiger charge is -2.41. The molecule has 0 unspecified atom stereocenters. The largest absolute Gasteiger partial charge is 0.356 e. The minimum atomic E-state index is -2.99. The summed E-state index contributed by atoms with van der Waals surface area (Å²) in [5.74, 6) is 1.06. The topological polar surface area (TPSA) is 73.8 Å². The van der Waals surface area contributed by atoms with Gasteiger partial charge >= 0.3 is 0 Å². The summed E-state index contributed by atoms with van der Waals surface area (Å²) in [5.41, 5.74) is 0.440. The molecule has 21 heavy (non-hydrogen) atoms. The zero-order valence-electron chi connectivity index (χ0n) is 13.2. The third-order valence-electron chi connectivity index (χ3n) is 4.88. The Labute approximate surface area is 128 Å². The Hall–Kier alpha value is -0.820. The van der Waals surface area contributed by atoms with Crippen LogP contribution in [0.1, 0.15) is 39.0 Å². The van der Waals surface area contributed by atoms with Gasteiger partial charge in [0.05, 0.1) is 5.75 Å². The van der Waals surface area contributed by atoms with E-state index in [1.54, 1.807) is 11.4 Å². The molecule has 0 spiro atoms. The van der Waals surface area contributed by atoms with Gasteiger partial charge in [-0.05, 0) is 31.1 Å². The summed E-state index contributed by atoms with van der Waals surface area (Å²) in [6, 6.07) is 0. The van der Waals surface area contributed by atoms with E-state index in [4.69, 9.17) is 0 Å². The molecule has 0 atom stereocenters. The van der Waals surface area contributed by atoms with Crippen molar-refractivity contribution in [2.45, 2.75) is 39.0 Å². The number of nitrogens with one attached hydrogen (secondary N) is 2. The second-order valence-electron chi connectivity index (χ2n) is 6.13. The highest BCUT2D eigenvalue weighted by Gasteiger charge is 2.35. The molecule has 2 N–H and O–H groups in total. The Kier molecular flexibility index (Phi) is 5.48. The van der Waals surface area contributed by atoms with Crippen molar-refractivity contribution in [2.24, 2.45) is 10.4 Å². The lowest BCUT2D eigenvalue weighted by atomic mass is 9.67. The number of nitrogens with zero attached hydrogens (tertiary/aromatic N) is 2. The summed E-state index contributed by atoms with van der Waals surface area (Å²) in [6.45, 7) is 4.95. The number of rotatable bonds is 6. The molecule has 1 saturated carbocycles. The maximum absolute atomic E-state index is 11.7. The molecule has 1 aliphatic heterocycles. The molecule has 6 nitrogen and oxygen atoms in total. The summed E-state index contributed by atoms with van der Waals surface area (Å²) < 4.78 is 25.0. The summed E-state index contributed by atoms with van der Waals surface area (Å²) in [7, 11) is -1.24. The molecular weight excluding hydrogens is 288 g/mol. The molecule has 1 aliphatic carbocycles. The van der Waals surface area contributed by atoms with Crippen molar-refractivity contribution in [3.8, 4) is 0 Å². The minimum absolute atomic E-state index is 0.291. The molecule has 0 radical (unpaired) electrons. The molecule has 0 aromatic heterocycles. The highest BCUT2D eigenvalue weighted by atomic mass is 32.2. The minimum Gasteiger partial charge on any atom is -0.356 e. The van der Waals surface area contributed by atoms with Crippen molar-refractivity contribution in [1.82, 2.24) is 14.9 Å². The molecule has 0 aromatic carbocycles. The zero-order valence-corrected chi connectivity index (χ0v) is 14.0. The van der Waals surface area contributed by atoms with Gasteiger partial charge in [-0.3, -0.25) is 4.99 Å². The van der Waals surface area contributed by atoms with Gasteiger partial charge in [0.15, 0.2) is 5.96 Å². The fraction of sp³-hybridized carbons (Fsp3) is 0.929. The Bertz CT molecular complexity index is 466. The van der Waals surface area contributed by atoms with Crippen LogP contribution in [0.4, 0.5) is 0 Å². The van der Waals surface area contributed by atoms with Crippen molar-refractivity contribution >= 4 is 16.0 Å². The molecule has 0 aromatic rings. The van der Waals surface area contributed by atoms with Gasteiger partial charge in [0.1, 0.15) is 0 Å². The van der Waals surface area contributed by atoms with Gasteiger partial charge in [-0.15, -0.1) is 0 Å². The van der Waals surface area contributed by atoms with E-state index >= 15 is 0 Å². The molecule has 7 heteroatoms. The highest BCUT2D eigenvalue weighted by Crippen LogP contribution is 2.42. The SMILES string of the molecule is CCC1(CNC(=NC)NCCN2CCCS2(=O)=O)CCC1. The van der Waals surface area contributed by atoms with Crippen LogP contribution in [0.15, 0.2) is 4.99 Å². The van der Waals surface area contributed by atoms with Gasteiger partial charge in [0, 0.05) is 33.2 Å². The zero-order chi connectivity index (χ0) is 15.3. The normalized spacial score (nSPS) is 24.6. The van der Waals surface area contributed by atoms with Crippen molar-refractivity contribution in [1.29, 1.82) is 0 Å². The van der Waals surface area contributed by atoms with Crippen LogP contribution in [0.5, 0.6) is 0 Å². The van der Waals surface area contributed by atoms with Crippen molar-refractivity contribution in [3.05, 3.63) is 0 Å². The number of aliphatic imine (C=N–C) groups is 1. The highest BCUT2D eigenvalue weighted by molar-refractivity contribution is 7.89. The summed E-state index contributed by atoms with van der Waals surface area (Å²) in [5, 5.41) is 6.59. The number of hydrogen-bond acceptors (Lipinski definition) is 3. The van der Waals surface area contributed by atoms with Crippen molar-refractivity contribution in [3.63, 3.8) is 0 Å². The Morgan fingerprint density at radius 1 is 1.29 bits per heavy atom. The Balaban J connectivity index is 1.71. The quantitative estimate of drug-likeness (QED) is 0.561. The Morgan fingerprint density at radius 3 is 2.52 bits per heavy atom. The first-order chi connectivity index (χ1) is 10.0. The van der Waals surface area contributed by atoms with Crippen LogP contribution in [0, 0.1) is 5.41 Å². The van der Waals surface area contributed by atoms with Crippen LogP contribution >= 0.6 is 0 Å². The first kappa shape index (κ1) is 16.5. The molecule has 0 amide bonds. The summed E-state index contributed by atoms with van der Waals surface area (Å²) >= 11 is 0. The van der Waals surface area contributed by atoms with Crippen LogP contribution in [0.2, 0.25) is 0 Å². The van der Waals surface area contributed by atoms with Gasteiger partial charge in [-0.25, -0.2) is 12.7 Å². The average Bonchev–Trinajstić information content (AvgIpc) is 2.75. The number of guanidine groups is 1. The first-order valence-electron chi connectivity index (χ1n) is 7.94. The van der Waals surface area contributed by atoms with E-state index in [2.05, 4.69) is 22.5 Å². The summed E-state index contributed by atoms with van der Waals surface area (Å²) in [4.78, 5) is 4.21. The maximum Gasteiger partial charge on any atom is 0.214 e. The van der Waals surface area contributed by atoms with E-state index in [9.17, 15) is 8.42 Å². The van der Waals surface area contributed by atoms with Crippen LogP contribution < -0.4 is 10.6 Å². The molecular formula is C14H28N4O2S. The van der Waals surface area contributed by atoms with Crippen LogP contribution in [0.3, 0.4) is 0 Å². The van der Waals surface area contributed by atoms with Gasteiger partial charge in [-0.2, -0.15) is 0 Å². The van der Waals surface area contributed by atoms with Gasteiger partial charge in [0.25, 0.3) is 0 Å². The second-order valence-corrected chi connectivity index (χ2v) is 8.22. The van der Waals surface area contributed by atoms with Gasteiger partial charge in [0.2, 0.25) is 10.0 Å². The van der Waals surface area contributed by atoms with Crippen molar-refractivity contribution in [2.75, 3.05) is 39.0 Å². The maximum atomic E-state index is 11.7. The fourth-order valence-corrected chi connectivity index (χ4v) is 4.59. The lowest BCUT2D eigenvalue weighted by Crippen LogP contribution is -2.47. The summed E-state index contributed by atoms with van der Waals surface area (Å²) in [6.07, 6.45) is 5.85. The average molecular weight is 316 g/mol. The third kappa shape index (κ3) is 4.10. The van der Waals surface area contributed by atoms with E-state index in [-0.39, 0.29) is 0 Å². The third-order valence-corrected chi connectivity index (χ3v) is 6.83. The predicted octanol–water partition coefficient (Wildman–Crippen LogP) is 0.767. The lowest BCUT2D eigenvalue weighted by molar-refractivity contribution is 0.131. The smallest absolute Gasteiger partial charge is 0.214 e. The molecule has 0 bridgehead atoms. The van der Waals surface area contributed by atoms with Crippen LogP contribution in [0.25, 0.3) is 0 Å². The molecule has 1 saturated heterocycles. The van der Waals surface area contributed by atoms with E-state index in [0.29, 0.717) is 30.8 Å². The fourth-order valence-electron chi connectivity index (χ4n) is 3.07. The predicted molar refractivity (Wildman–Crippen MR) is 85.9 cm³/mol. The molecule has 2 rings (SSSR count). The number of hydrogen-bond donors (Lipinski definition) is 2. The Morgan fingerprint density at radius 2 is 2.05 bits per heavy atom. The van der Waals surface area contributed by atoms with Gasteiger partial charge in [-0.1, -0.05) is 13.3 Å². The van der Waals surface area contributed by atoms with Crippen LogP contribution in [-0.4, -0.2) is 57.7 Å². The monoisotopic (exact) mass is 316 g/mol. The first-order valence-corrected chi connectivity index (χ1v) is 9.55. The molecule has 122 valence electrons.